The second-order valence-corrected chi connectivity index (χ2v) is 5.57. The smallest absolute Gasteiger partial charge is 0.270 e. The van der Waals surface area contributed by atoms with Gasteiger partial charge in [-0.25, -0.2) is 9.97 Å². The van der Waals surface area contributed by atoms with Crippen molar-refractivity contribution in [3.05, 3.63) is 34.6 Å². The molecule has 6 nitrogen and oxygen atoms in total. The van der Waals surface area contributed by atoms with Crippen LogP contribution in [-0.2, 0) is 0 Å². The lowest BCUT2D eigenvalue weighted by molar-refractivity contribution is -0.384. The number of rotatable bonds is 4. The SMILES string of the molecule is CC(O)C(C)Sc1ncnc2ccc([N+](=O)[O-])cc12. The molecule has 0 saturated heterocycles. The number of thioether (sulfide) groups is 1. The Morgan fingerprint density at radius 3 is 2.74 bits per heavy atom. The average Bonchev–Trinajstić information content (AvgIpc) is 2.38. The number of nitrogens with zero attached hydrogens (tertiary/aromatic N) is 3. The monoisotopic (exact) mass is 279 g/mol. The predicted octanol–water partition coefficient (Wildman–Crippen LogP) is 2.40. The second-order valence-electron chi connectivity index (χ2n) is 4.20. The van der Waals surface area contributed by atoms with E-state index >= 15 is 0 Å². The Balaban J connectivity index is 2.48. The highest BCUT2D eigenvalue weighted by atomic mass is 32.2. The summed E-state index contributed by atoms with van der Waals surface area (Å²) in [7, 11) is 0. The molecule has 1 N–H and O–H groups in total. The molecule has 0 saturated carbocycles. The standard InChI is InChI=1S/C12H13N3O3S/c1-7(16)8(2)19-12-10-5-9(15(17)18)3-4-11(10)13-6-14-12/h3-8,16H,1-2H3. The highest BCUT2D eigenvalue weighted by molar-refractivity contribution is 8.00. The molecule has 1 aromatic heterocycles. The predicted molar refractivity (Wildman–Crippen MR) is 73.2 cm³/mol. The van der Waals surface area contributed by atoms with Gasteiger partial charge in [-0.1, -0.05) is 18.7 Å². The van der Waals surface area contributed by atoms with Gasteiger partial charge in [0.05, 0.1) is 16.5 Å². The summed E-state index contributed by atoms with van der Waals surface area (Å²) in [6, 6.07) is 4.49. The van der Waals surface area contributed by atoms with Crippen molar-refractivity contribution in [1.29, 1.82) is 0 Å². The van der Waals surface area contributed by atoms with Gasteiger partial charge in [-0.3, -0.25) is 10.1 Å². The van der Waals surface area contributed by atoms with Gasteiger partial charge in [0.15, 0.2) is 0 Å². The Bertz CT molecular complexity index is 618. The van der Waals surface area contributed by atoms with Crippen LogP contribution in [0, 0.1) is 10.1 Å². The molecule has 0 aliphatic rings. The molecule has 0 bridgehead atoms. The van der Waals surface area contributed by atoms with Crippen molar-refractivity contribution in [2.45, 2.75) is 30.2 Å². The Morgan fingerprint density at radius 1 is 1.37 bits per heavy atom. The van der Waals surface area contributed by atoms with Crippen molar-refractivity contribution in [1.82, 2.24) is 9.97 Å². The molecular weight excluding hydrogens is 266 g/mol. The van der Waals surface area contributed by atoms with Crippen LogP contribution in [0.5, 0.6) is 0 Å². The minimum atomic E-state index is -0.492. The van der Waals surface area contributed by atoms with E-state index < -0.39 is 11.0 Å². The van der Waals surface area contributed by atoms with Gasteiger partial charge in [-0.05, 0) is 13.0 Å². The number of aromatic nitrogens is 2. The van der Waals surface area contributed by atoms with E-state index in [1.807, 2.05) is 6.92 Å². The summed E-state index contributed by atoms with van der Waals surface area (Å²) in [6.45, 7) is 3.57. The van der Waals surface area contributed by atoms with Gasteiger partial charge in [0.1, 0.15) is 11.4 Å². The molecule has 2 rings (SSSR count). The maximum Gasteiger partial charge on any atom is 0.270 e. The zero-order valence-electron chi connectivity index (χ0n) is 10.5. The van der Waals surface area contributed by atoms with Crippen molar-refractivity contribution in [2.24, 2.45) is 0 Å². The number of benzene rings is 1. The van der Waals surface area contributed by atoms with Crippen LogP contribution in [0.3, 0.4) is 0 Å². The van der Waals surface area contributed by atoms with E-state index in [0.29, 0.717) is 15.9 Å². The van der Waals surface area contributed by atoms with Crippen molar-refractivity contribution >= 4 is 28.4 Å². The normalized spacial score (nSPS) is 14.3. The molecule has 19 heavy (non-hydrogen) atoms. The highest BCUT2D eigenvalue weighted by Gasteiger charge is 2.15. The van der Waals surface area contributed by atoms with Crippen molar-refractivity contribution < 1.29 is 10.0 Å². The van der Waals surface area contributed by atoms with Crippen LogP contribution in [0.1, 0.15) is 13.8 Å². The van der Waals surface area contributed by atoms with Crippen LogP contribution in [0.2, 0.25) is 0 Å². The van der Waals surface area contributed by atoms with Crippen molar-refractivity contribution in [3.63, 3.8) is 0 Å². The lowest BCUT2D eigenvalue weighted by Crippen LogP contribution is -2.15. The number of aliphatic hydroxyl groups is 1. The summed E-state index contributed by atoms with van der Waals surface area (Å²) < 4.78 is 0. The summed E-state index contributed by atoms with van der Waals surface area (Å²) in [5.41, 5.74) is 0.662. The van der Waals surface area contributed by atoms with Gasteiger partial charge < -0.3 is 5.11 Å². The van der Waals surface area contributed by atoms with E-state index in [1.54, 1.807) is 13.0 Å². The number of fused-ring (bicyclic) bond motifs is 1. The maximum absolute atomic E-state index is 10.8. The molecule has 1 heterocycles. The number of nitro groups is 1. The Morgan fingerprint density at radius 2 is 2.11 bits per heavy atom. The average molecular weight is 279 g/mol. The van der Waals surface area contributed by atoms with E-state index in [1.165, 1.54) is 30.2 Å². The van der Waals surface area contributed by atoms with E-state index in [0.717, 1.165) is 0 Å². The Kier molecular flexibility index (Phi) is 3.96. The van der Waals surface area contributed by atoms with E-state index in [4.69, 9.17) is 0 Å². The van der Waals surface area contributed by atoms with Gasteiger partial charge >= 0.3 is 0 Å². The van der Waals surface area contributed by atoms with Crippen LogP contribution >= 0.6 is 11.8 Å². The van der Waals surface area contributed by atoms with E-state index in [9.17, 15) is 15.2 Å². The number of nitro benzene ring substituents is 1. The van der Waals surface area contributed by atoms with E-state index in [-0.39, 0.29) is 10.9 Å². The third kappa shape index (κ3) is 2.99. The molecule has 1 aromatic carbocycles. The summed E-state index contributed by atoms with van der Waals surface area (Å²) in [4.78, 5) is 18.6. The summed E-state index contributed by atoms with van der Waals surface area (Å²) in [5, 5.41) is 21.5. The van der Waals surface area contributed by atoms with E-state index in [2.05, 4.69) is 9.97 Å². The molecule has 0 amide bonds. The first-order chi connectivity index (χ1) is 8.99. The molecule has 0 aliphatic heterocycles. The first-order valence-corrected chi connectivity index (χ1v) is 6.61. The first-order valence-electron chi connectivity index (χ1n) is 5.73. The second kappa shape index (κ2) is 5.50. The van der Waals surface area contributed by atoms with Crippen LogP contribution in [0.15, 0.2) is 29.6 Å². The lowest BCUT2D eigenvalue weighted by atomic mass is 10.2. The summed E-state index contributed by atoms with van der Waals surface area (Å²) in [6.07, 6.45) is 0.930. The topological polar surface area (TPSA) is 89.2 Å². The van der Waals surface area contributed by atoms with Gasteiger partial charge in [-0.15, -0.1) is 0 Å². The number of hydrogen-bond acceptors (Lipinski definition) is 6. The van der Waals surface area contributed by atoms with Crippen LogP contribution in [-0.4, -0.2) is 31.4 Å². The zero-order chi connectivity index (χ0) is 14.0. The fourth-order valence-corrected chi connectivity index (χ4v) is 2.45. The molecule has 0 spiro atoms. The Hall–Kier alpha value is -1.73. The molecule has 2 aromatic rings. The number of aliphatic hydroxyl groups excluding tert-OH is 1. The Labute approximate surface area is 114 Å². The molecule has 7 heteroatoms. The minimum absolute atomic E-state index is 0.00819. The highest BCUT2D eigenvalue weighted by Crippen LogP contribution is 2.31. The molecule has 0 fully saturated rings. The third-order valence-corrected chi connectivity index (χ3v) is 4.08. The molecule has 2 atom stereocenters. The third-order valence-electron chi connectivity index (χ3n) is 2.77. The fourth-order valence-electron chi connectivity index (χ4n) is 1.50. The minimum Gasteiger partial charge on any atom is -0.392 e. The number of non-ortho nitro benzene ring substituents is 1. The molecule has 2 unspecified atom stereocenters. The molecule has 0 radical (unpaired) electrons. The summed E-state index contributed by atoms with van der Waals surface area (Å²) in [5.74, 6) is 0. The largest absolute Gasteiger partial charge is 0.392 e. The van der Waals surface area contributed by atoms with Gasteiger partial charge in [0.25, 0.3) is 5.69 Å². The van der Waals surface area contributed by atoms with Crippen molar-refractivity contribution in [2.75, 3.05) is 0 Å². The van der Waals surface area contributed by atoms with Crippen LogP contribution < -0.4 is 0 Å². The quantitative estimate of drug-likeness (QED) is 0.400. The fraction of sp³-hybridized carbons (Fsp3) is 0.333. The number of hydrogen-bond donors (Lipinski definition) is 1. The molecule has 100 valence electrons. The molecule has 0 aliphatic carbocycles. The zero-order valence-corrected chi connectivity index (χ0v) is 11.3. The van der Waals surface area contributed by atoms with Gasteiger partial charge in [0.2, 0.25) is 0 Å². The molecular formula is C12H13N3O3S. The first kappa shape index (κ1) is 13.7. The summed E-state index contributed by atoms with van der Waals surface area (Å²) >= 11 is 1.38. The van der Waals surface area contributed by atoms with Gasteiger partial charge in [0, 0.05) is 22.8 Å². The lowest BCUT2D eigenvalue weighted by Gasteiger charge is -2.14. The van der Waals surface area contributed by atoms with Crippen LogP contribution in [0.25, 0.3) is 10.9 Å². The van der Waals surface area contributed by atoms with Gasteiger partial charge in [-0.2, -0.15) is 0 Å². The van der Waals surface area contributed by atoms with Crippen molar-refractivity contribution in [3.8, 4) is 0 Å². The maximum atomic E-state index is 10.8. The van der Waals surface area contributed by atoms with Crippen LogP contribution in [0.4, 0.5) is 5.69 Å².